The number of hydrogen-bond donors (Lipinski definition) is 1. The van der Waals surface area contributed by atoms with Crippen LogP contribution in [0.4, 0.5) is 5.69 Å². The average molecular weight is 356 g/mol. The average Bonchev–Trinajstić information content (AvgIpc) is 2.92. The van der Waals surface area contributed by atoms with Crippen molar-refractivity contribution >= 4 is 23.3 Å². The lowest BCUT2D eigenvalue weighted by Crippen LogP contribution is -2.07. The van der Waals surface area contributed by atoms with Crippen LogP contribution in [-0.4, -0.2) is 22.9 Å². The lowest BCUT2D eigenvalue weighted by Gasteiger charge is -2.12. The molecule has 3 aromatic rings. The predicted molar refractivity (Wildman–Crippen MR) is 98.9 cm³/mol. The van der Waals surface area contributed by atoms with Crippen LogP contribution in [0.15, 0.2) is 48.5 Å². The molecule has 0 amide bonds. The Morgan fingerprint density at radius 2 is 2.00 bits per heavy atom. The largest absolute Gasteiger partial charge is 0.469 e. The molecule has 0 aliphatic heterocycles. The van der Waals surface area contributed by atoms with Crippen LogP contribution in [0.3, 0.4) is 0 Å². The molecule has 25 heavy (non-hydrogen) atoms. The highest BCUT2D eigenvalue weighted by Crippen LogP contribution is 2.33. The van der Waals surface area contributed by atoms with Crippen molar-refractivity contribution in [2.24, 2.45) is 0 Å². The molecule has 0 atom stereocenters. The van der Waals surface area contributed by atoms with Crippen molar-refractivity contribution in [3.05, 3.63) is 64.8 Å². The zero-order valence-electron chi connectivity index (χ0n) is 14.0. The fourth-order valence-corrected chi connectivity index (χ4v) is 2.96. The number of benzene rings is 2. The topological polar surface area (TPSA) is 70.1 Å². The number of nitrogens with zero attached hydrogens (tertiary/aromatic N) is 2. The number of aryl methyl sites for hydroxylation is 1. The summed E-state index contributed by atoms with van der Waals surface area (Å²) in [6, 6.07) is 14.9. The third kappa shape index (κ3) is 3.37. The quantitative estimate of drug-likeness (QED) is 0.571. The van der Waals surface area contributed by atoms with Gasteiger partial charge in [-0.15, -0.1) is 0 Å². The van der Waals surface area contributed by atoms with E-state index in [2.05, 4.69) is 5.10 Å². The number of methoxy groups -OCH3 is 1. The Balaban J connectivity index is 2.27. The third-order valence-corrected chi connectivity index (χ3v) is 4.24. The van der Waals surface area contributed by atoms with Gasteiger partial charge in [0.2, 0.25) is 0 Å². The number of ether oxygens (including phenoxy) is 1. The molecule has 0 aliphatic carbocycles. The molecule has 0 unspecified atom stereocenters. The number of halogens is 1. The van der Waals surface area contributed by atoms with E-state index in [-0.39, 0.29) is 12.4 Å². The van der Waals surface area contributed by atoms with Crippen molar-refractivity contribution in [3.8, 4) is 16.9 Å². The maximum absolute atomic E-state index is 11.9. The minimum atomic E-state index is -0.329. The number of anilines is 1. The number of rotatable bonds is 4. The van der Waals surface area contributed by atoms with Gasteiger partial charge in [0, 0.05) is 21.8 Å². The Morgan fingerprint density at radius 3 is 2.68 bits per heavy atom. The molecule has 6 heteroatoms. The molecule has 0 radical (unpaired) electrons. The summed E-state index contributed by atoms with van der Waals surface area (Å²) in [6.07, 6.45) is 0.118. The summed E-state index contributed by atoms with van der Waals surface area (Å²) in [5.41, 5.74) is 10.7. The molecule has 2 N–H and O–H groups in total. The van der Waals surface area contributed by atoms with Gasteiger partial charge in [0.25, 0.3) is 0 Å². The van der Waals surface area contributed by atoms with Gasteiger partial charge >= 0.3 is 5.97 Å². The standard InChI is InChI=1S/C19H18ClN3O2/c1-12-16(11-18(24)25-2)19(15-8-3-4-9-17(15)21)23(22-12)14-7-5-6-13(20)10-14/h3-10H,11,21H2,1-2H3. The second kappa shape index (κ2) is 6.99. The lowest BCUT2D eigenvalue weighted by molar-refractivity contribution is -0.139. The Bertz CT molecular complexity index is 934. The van der Waals surface area contributed by atoms with Crippen LogP contribution in [0.2, 0.25) is 5.02 Å². The number of nitrogens with two attached hydrogens (primary N) is 1. The maximum Gasteiger partial charge on any atom is 0.310 e. The molecule has 0 spiro atoms. The number of para-hydroxylation sites is 1. The second-order valence-electron chi connectivity index (χ2n) is 5.64. The molecule has 0 aliphatic rings. The van der Waals surface area contributed by atoms with E-state index in [0.29, 0.717) is 10.7 Å². The molecular formula is C19H18ClN3O2. The Kier molecular flexibility index (Phi) is 4.76. The van der Waals surface area contributed by atoms with Crippen LogP contribution < -0.4 is 5.73 Å². The highest BCUT2D eigenvalue weighted by atomic mass is 35.5. The van der Waals surface area contributed by atoms with E-state index in [1.807, 2.05) is 49.4 Å². The van der Waals surface area contributed by atoms with Crippen molar-refractivity contribution in [2.45, 2.75) is 13.3 Å². The van der Waals surface area contributed by atoms with Crippen molar-refractivity contribution in [1.82, 2.24) is 9.78 Å². The summed E-state index contributed by atoms with van der Waals surface area (Å²) < 4.78 is 6.61. The normalized spacial score (nSPS) is 10.7. The molecule has 1 heterocycles. The summed E-state index contributed by atoms with van der Waals surface area (Å²) in [5.74, 6) is -0.329. The fraction of sp³-hybridized carbons (Fsp3) is 0.158. The molecule has 128 valence electrons. The smallest absolute Gasteiger partial charge is 0.310 e. The van der Waals surface area contributed by atoms with Gasteiger partial charge in [0.05, 0.1) is 30.6 Å². The van der Waals surface area contributed by atoms with E-state index in [0.717, 1.165) is 28.2 Å². The molecular weight excluding hydrogens is 338 g/mol. The van der Waals surface area contributed by atoms with Gasteiger partial charge < -0.3 is 10.5 Å². The Hall–Kier alpha value is -2.79. The minimum absolute atomic E-state index is 0.118. The first kappa shape index (κ1) is 17.0. The SMILES string of the molecule is COC(=O)Cc1c(C)nn(-c2cccc(Cl)c2)c1-c1ccccc1N. The van der Waals surface area contributed by atoms with Crippen molar-refractivity contribution in [3.63, 3.8) is 0 Å². The maximum atomic E-state index is 11.9. The molecule has 0 fully saturated rings. The number of aromatic nitrogens is 2. The van der Waals surface area contributed by atoms with Crippen molar-refractivity contribution in [2.75, 3.05) is 12.8 Å². The molecule has 2 aromatic carbocycles. The van der Waals surface area contributed by atoms with E-state index in [9.17, 15) is 4.79 Å². The van der Waals surface area contributed by atoms with Gasteiger partial charge in [-0.1, -0.05) is 35.9 Å². The van der Waals surface area contributed by atoms with Gasteiger partial charge in [-0.25, -0.2) is 4.68 Å². The van der Waals surface area contributed by atoms with Gasteiger partial charge in [-0.3, -0.25) is 4.79 Å². The van der Waals surface area contributed by atoms with E-state index < -0.39 is 0 Å². The first-order chi connectivity index (χ1) is 12.0. The van der Waals surface area contributed by atoms with Crippen LogP contribution >= 0.6 is 11.6 Å². The zero-order chi connectivity index (χ0) is 18.0. The molecule has 1 aromatic heterocycles. The summed E-state index contributed by atoms with van der Waals surface area (Å²) in [6.45, 7) is 1.86. The van der Waals surface area contributed by atoms with Crippen LogP contribution in [0, 0.1) is 6.92 Å². The second-order valence-corrected chi connectivity index (χ2v) is 6.08. The number of carbonyl (C=O) groups is 1. The van der Waals surface area contributed by atoms with Crippen LogP contribution in [0.1, 0.15) is 11.3 Å². The lowest BCUT2D eigenvalue weighted by atomic mass is 10.0. The first-order valence-corrected chi connectivity index (χ1v) is 8.15. The van der Waals surface area contributed by atoms with Gasteiger partial charge in [-0.05, 0) is 31.2 Å². The van der Waals surface area contributed by atoms with E-state index in [4.69, 9.17) is 22.1 Å². The fourth-order valence-electron chi connectivity index (χ4n) is 2.77. The van der Waals surface area contributed by atoms with Gasteiger partial charge in [-0.2, -0.15) is 5.10 Å². The summed E-state index contributed by atoms with van der Waals surface area (Å²) in [5, 5.41) is 5.23. The predicted octanol–water partition coefficient (Wildman–Crippen LogP) is 3.80. The first-order valence-electron chi connectivity index (χ1n) is 7.77. The third-order valence-electron chi connectivity index (χ3n) is 4.00. The van der Waals surface area contributed by atoms with Crippen LogP contribution in [0.25, 0.3) is 16.9 Å². The van der Waals surface area contributed by atoms with E-state index >= 15 is 0 Å². The number of hydrogen-bond acceptors (Lipinski definition) is 4. The van der Waals surface area contributed by atoms with Crippen molar-refractivity contribution < 1.29 is 9.53 Å². The number of esters is 1. The number of nitrogen functional groups attached to an aromatic ring is 1. The van der Waals surface area contributed by atoms with Crippen molar-refractivity contribution in [1.29, 1.82) is 0 Å². The number of carbonyl (C=O) groups excluding carboxylic acids is 1. The summed E-state index contributed by atoms with van der Waals surface area (Å²) in [4.78, 5) is 11.9. The Labute approximate surface area is 151 Å². The molecule has 0 saturated heterocycles. The van der Waals surface area contributed by atoms with E-state index in [1.54, 1.807) is 10.7 Å². The molecule has 5 nitrogen and oxygen atoms in total. The highest BCUT2D eigenvalue weighted by molar-refractivity contribution is 6.30. The summed E-state index contributed by atoms with van der Waals surface area (Å²) in [7, 11) is 1.37. The Morgan fingerprint density at radius 1 is 1.24 bits per heavy atom. The van der Waals surface area contributed by atoms with Gasteiger partial charge in [0.15, 0.2) is 0 Å². The summed E-state index contributed by atoms with van der Waals surface area (Å²) >= 11 is 6.14. The minimum Gasteiger partial charge on any atom is -0.469 e. The molecule has 0 bridgehead atoms. The van der Waals surface area contributed by atoms with Crippen LogP contribution in [0.5, 0.6) is 0 Å². The molecule has 0 saturated carbocycles. The van der Waals surface area contributed by atoms with Gasteiger partial charge in [0.1, 0.15) is 0 Å². The highest BCUT2D eigenvalue weighted by Gasteiger charge is 2.22. The monoisotopic (exact) mass is 355 g/mol. The van der Waals surface area contributed by atoms with E-state index in [1.165, 1.54) is 7.11 Å². The zero-order valence-corrected chi connectivity index (χ0v) is 14.7. The van der Waals surface area contributed by atoms with Crippen LogP contribution in [-0.2, 0) is 16.0 Å². The molecule has 3 rings (SSSR count).